The molecule has 0 aliphatic heterocycles. The summed E-state index contributed by atoms with van der Waals surface area (Å²) in [7, 11) is 0. The molecule has 1 heterocycles. The summed E-state index contributed by atoms with van der Waals surface area (Å²) in [5, 5.41) is 11.9. The molecule has 6 heteroatoms. The van der Waals surface area contributed by atoms with Gasteiger partial charge < -0.3 is 20.9 Å². The number of carboxylic acid groups (broad SMARTS) is 1. The number of ether oxygens (including phenoxy) is 1. The maximum absolute atomic E-state index is 11.0. The first-order valence-corrected chi connectivity index (χ1v) is 5.38. The van der Waals surface area contributed by atoms with Crippen molar-refractivity contribution in [3.8, 4) is 0 Å². The first-order valence-electron chi connectivity index (χ1n) is 5.38. The van der Waals surface area contributed by atoms with Crippen molar-refractivity contribution in [2.24, 2.45) is 0 Å². The summed E-state index contributed by atoms with van der Waals surface area (Å²) < 4.78 is 5.33. The van der Waals surface area contributed by atoms with Crippen LogP contribution in [0.2, 0.25) is 0 Å². The molecule has 4 N–H and O–H groups in total. The first kappa shape index (κ1) is 13.2. The van der Waals surface area contributed by atoms with Gasteiger partial charge in [-0.3, -0.25) is 0 Å². The predicted octanol–water partition coefficient (Wildman–Crippen LogP) is 1.20. The summed E-state index contributed by atoms with van der Waals surface area (Å²) in [5.74, 6) is -0.755. The highest BCUT2D eigenvalue weighted by atomic mass is 16.5. The van der Waals surface area contributed by atoms with E-state index in [1.165, 1.54) is 12.3 Å². The molecule has 0 aliphatic carbocycles. The summed E-state index contributed by atoms with van der Waals surface area (Å²) in [6.07, 6.45) is 1.40. The van der Waals surface area contributed by atoms with Crippen LogP contribution in [0.3, 0.4) is 0 Å². The Morgan fingerprint density at radius 2 is 2.41 bits per heavy atom. The summed E-state index contributed by atoms with van der Waals surface area (Å²) >= 11 is 0. The summed E-state index contributed by atoms with van der Waals surface area (Å²) in [4.78, 5) is 14.9. The fourth-order valence-corrected chi connectivity index (χ4v) is 1.37. The van der Waals surface area contributed by atoms with Crippen LogP contribution in [0.1, 0.15) is 24.2 Å². The van der Waals surface area contributed by atoms with E-state index in [1.54, 1.807) is 0 Å². The lowest BCUT2D eigenvalue weighted by Crippen LogP contribution is -2.21. The standard InChI is InChI=1S/C11H17N3O3/c1-3-17-7(2)5-13-10-9(11(15)16)4-8(12)6-14-10/h4,6-7H,3,5,12H2,1-2H3,(H,13,14)(H,15,16). The van der Waals surface area contributed by atoms with Crippen LogP contribution < -0.4 is 11.1 Å². The predicted molar refractivity (Wildman–Crippen MR) is 65.2 cm³/mol. The Labute approximate surface area is 99.8 Å². The van der Waals surface area contributed by atoms with Gasteiger partial charge in [-0.15, -0.1) is 0 Å². The third-order valence-electron chi connectivity index (χ3n) is 2.15. The van der Waals surface area contributed by atoms with Crippen LogP contribution in [-0.4, -0.2) is 35.3 Å². The minimum absolute atomic E-state index is 0.0130. The molecule has 0 saturated heterocycles. The maximum Gasteiger partial charge on any atom is 0.339 e. The van der Waals surface area contributed by atoms with Crippen LogP contribution in [-0.2, 0) is 4.74 Å². The number of rotatable bonds is 6. The van der Waals surface area contributed by atoms with E-state index in [0.29, 0.717) is 24.7 Å². The highest BCUT2D eigenvalue weighted by Gasteiger charge is 2.12. The molecule has 0 radical (unpaired) electrons. The summed E-state index contributed by atoms with van der Waals surface area (Å²) in [6, 6.07) is 1.38. The molecule has 1 rings (SSSR count). The number of anilines is 2. The monoisotopic (exact) mass is 239 g/mol. The van der Waals surface area contributed by atoms with Gasteiger partial charge in [0.2, 0.25) is 0 Å². The van der Waals surface area contributed by atoms with Crippen LogP contribution in [0.5, 0.6) is 0 Å². The summed E-state index contributed by atoms with van der Waals surface area (Å²) in [6.45, 7) is 4.91. The van der Waals surface area contributed by atoms with E-state index < -0.39 is 5.97 Å². The zero-order chi connectivity index (χ0) is 12.8. The molecular weight excluding hydrogens is 222 g/mol. The minimum atomic E-state index is -1.06. The van der Waals surface area contributed by atoms with Crippen molar-refractivity contribution in [1.29, 1.82) is 0 Å². The van der Waals surface area contributed by atoms with E-state index >= 15 is 0 Å². The molecule has 1 aromatic rings. The average molecular weight is 239 g/mol. The molecule has 0 spiro atoms. The number of carboxylic acids is 1. The largest absolute Gasteiger partial charge is 0.478 e. The van der Waals surface area contributed by atoms with Crippen molar-refractivity contribution in [1.82, 2.24) is 4.98 Å². The lowest BCUT2D eigenvalue weighted by molar-refractivity contribution is 0.0696. The second-order valence-corrected chi connectivity index (χ2v) is 3.62. The Kier molecular flexibility index (Phi) is 4.71. The number of hydrogen-bond acceptors (Lipinski definition) is 5. The molecular formula is C11H17N3O3. The van der Waals surface area contributed by atoms with E-state index in [1.807, 2.05) is 13.8 Å². The summed E-state index contributed by atoms with van der Waals surface area (Å²) in [5.41, 5.74) is 5.88. The van der Waals surface area contributed by atoms with Gasteiger partial charge >= 0.3 is 5.97 Å². The van der Waals surface area contributed by atoms with Gasteiger partial charge in [-0.05, 0) is 19.9 Å². The van der Waals surface area contributed by atoms with E-state index in [0.717, 1.165) is 0 Å². The van der Waals surface area contributed by atoms with Gasteiger partial charge in [-0.1, -0.05) is 0 Å². The Morgan fingerprint density at radius 3 is 3.00 bits per heavy atom. The maximum atomic E-state index is 11.0. The molecule has 0 bridgehead atoms. The number of hydrogen-bond donors (Lipinski definition) is 3. The third-order valence-corrected chi connectivity index (χ3v) is 2.15. The molecule has 0 aromatic carbocycles. The quantitative estimate of drug-likeness (QED) is 0.690. The average Bonchev–Trinajstić information content (AvgIpc) is 2.27. The lowest BCUT2D eigenvalue weighted by atomic mass is 10.2. The van der Waals surface area contributed by atoms with Gasteiger partial charge in [-0.25, -0.2) is 9.78 Å². The van der Waals surface area contributed by atoms with E-state index in [4.69, 9.17) is 15.6 Å². The molecule has 0 aliphatic rings. The van der Waals surface area contributed by atoms with Crippen LogP contribution in [0.4, 0.5) is 11.5 Å². The van der Waals surface area contributed by atoms with E-state index in [9.17, 15) is 4.79 Å². The van der Waals surface area contributed by atoms with Crippen molar-refractivity contribution in [2.75, 3.05) is 24.2 Å². The van der Waals surface area contributed by atoms with Gasteiger partial charge in [0.1, 0.15) is 11.4 Å². The van der Waals surface area contributed by atoms with E-state index in [2.05, 4.69) is 10.3 Å². The Morgan fingerprint density at radius 1 is 1.71 bits per heavy atom. The fraction of sp³-hybridized carbons (Fsp3) is 0.455. The normalized spacial score (nSPS) is 12.1. The molecule has 1 unspecified atom stereocenters. The number of nitrogen functional groups attached to an aromatic ring is 1. The number of nitrogens with two attached hydrogens (primary N) is 1. The van der Waals surface area contributed by atoms with Gasteiger partial charge in [0.15, 0.2) is 0 Å². The van der Waals surface area contributed by atoms with Crippen molar-refractivity contribution < 1.29 is 14.6 Å². The van der Waals surface area contributed by atoms with E-state index in [-0.39, 0.29) is 11.7 Å². The van der Waals surface area contributed by atoms with Crippen molar-refractivity contribution in [3.63, 3.8) is 0 Å². The molecule has 1 aromatic heterocycles. The van der Waals surface area contributed by atoms with Crippen molar-refractivity contribution >= 4 is 17.5 Å². The molecule has 94 valence electrons. The Balaban J connectivity index is 2.73. The second kappa shape index (κ2) is 6.05. The van der Waals surface area contributed by atoms with Crippen LogP contribution in [0.25, 0.3) is 0 Å². The zero-order valence-corrected chi connectivity index (χ0v) is 9.93. The lowest BCUT2D eigenvalue weighted by Gasteiger charge is -2.14. The highest BCUT2D eigenvalue weighted by Crippen LogP contribution is 2.15. The highest BCUT2D eigenvalue weighted by molar-refractivity contribution is 5.94. The number of nitrogens with one attached hydrogen (secondary N) is 1. The van der Waals surface area contributed by atoms with Gasteiger partial charge in [0.25, 0.3) is 0 Å². The number of carbonyl (C=O) groups is 1. The topological polar surface area (TPSA) is 97.5 Å². The number of aromatic nitrogens is 1. The number of nitrogens with zero attached hydrogens (tertiary/aromatic N) is 1. The minimum Gasteiger partial charge on any atom is -0.478 e. The molecule has 0 amide bonds. The molecule has 6 nitrogen and oxygen atoms in total. The molecule has 17 heavy (non-hydrogen) atoms. The van der Waals surface area contributed by atoms with Crippen LogP contribution >= 0.6 is 0 Å². The third kappa shape index (κ3) is 3.92. The van der Waals surface area contributed by atoms with Crippen LogP contribution in [0.15, 0.2) is 12.3 Å². The smallest absolute Gasteiger partial charge is 0.339 e. The van der Waals surface area contributed by atoms with Crippen molar-refractivity contribution in [2.45, 2.75) is 20.0 Å². The molecule has 0 saturated carbocycles. The van der Waals surface area contributed by atoms with Crippen molar-refractivity contribution in [3.05, 3.63) is 17.8 Å². The number of pyridine rings is 1. The van der Waals surface area contributed by atoms with Gasteiger partial charge in [-0.2, -0.15) is 0 Å². The number of aromatic carboxylic acids is 1. The van der Waals surface area contributed by atoms with Crippen LogP contribution in [0, 0.1) is 0 Å². The van der Waals surface area contributed by atoms with Gasteiger partial charge in [0.05, 0.1) is 18.0 Å². The zero-order valence-electron chi connectivity index (χ0n) is 9.93. The van der Waals surface area contributed by atoms with Gasteiger partial charge in [0, 0.05) is 13.2 Å². The Bertz CT molecular complexity index is 396. The second-order valence-electron chi connectivity index (χ2n) is 3.62. The molecule has 1 atom stereocenters. The SMILES string of the molecule is CCOC(C)CNc1ncc(N)cc1C(=O)O. The first-order chi connectivity index (χ1) is 8.04. The molecule has 0 fully saturated rings. The fourth-order valence-electron chi connectivity index (χ4n) is 1.37. The Hall–Kier alpha value is -1.82.